The molecule has 0 aliphatic rings. The fourth-order valence-electron chi connectivity index (χ4n) is 2.22. The van der Waals surface area contributed by atoms with Crippen molar-refractivity contribution in [3.05, 3.63) is 63.7 Å². The van der Waals surface area contributed by atoms with Crippen LogP contribution in [0.4, 0.5) is 17.1 Å². The number of rotatable bonds is 7. The van der Waals surface area contributed by atoms with Gasteiger partial charge in [0.05, 0.1) is 10.5 Å². The van der Waals surface area contributed by atoms with Crippen LogP contribution in [0.1, 0.15) is 27.6 Å². The Labute approximate surface area is 154 Å². The average molecular weight is 371 g/mol. The number of amides is 1. The van der Waals surface area contributed by atoms with E-state index in [2.05, 4.69) is 10.6 Å². The number of esters is 1. The van der Waals surface area contributed by atoms with Gasteiger partial charge in [-0.3, -0.25) is 19.7 Å². The number of hydrogen-bond donors (Lipinski definition) is 2. The molecule has 9 nitrogen and oxygen atoms in total. The number of carbonyl (C=O) groups is 3. The molecule has 0 unspecified atom stereocenters. The smallest absolute Gasteiger partial charge is 0.338 e. The number of nitrogens with zero attached hydrogens (tertiary/aromatic N) is 1. The van der Waals surface area contributed by atoms with E-state index in [-0.39, 0.29) is 22.7 Å². The number of benzene rings is 2. The molecule has 2 aromatic carbocycles. The fourth-order valence-corrected chi connectivity index (χ4v) is 2.22. The zero-order valence-corrected chi connectivity index (χ0v) is 14.6. The second kappa shape index (κ2) is 8.56. The van der Waals surface area contributed by atoms with E-state index in [0.29, 0.717) is 11.3 Å². The highest BCUT2D eigenvalue weighted by Gasteiger charge is 2.18. The summed E-state index contributed by atoms with van der Waals surface area (Å²) in [5, 5.41) is 16.2. The van der Waals surface area contributed by atoms with Crippen LogP contribution in [0, 0.1) is 10.1 Å². The molecule has 0 aliphatic heterocycles. The van der Waals surface area contributed by atoms with Gasteiger partial charge in [0.2, 0.25) is 0 Å². The molecular weight excluding hydrogens is 354 g/mol. The molecule has 0 heterocycles. The predicted molar refractivity (Wildman–Crippen MR) is 98.0 cm³/mol. The zero-order valence-electron chi connectivity index (χ0n) is 14.6. The molecule has 0 aliphatic carbocycles. The average Bonchev–Trinajstić information content (AvgIpc) is 2.65. The van der Waals surface area contributed by atoms with Gasteiger partial charge in [0, 0.05) is 24.4 Å². The van der Waals surface area contributed by atoms with Crippen molar-refractivity contribution in [1.82, 2.24) is 0 Å². The number of nitro groups is 1. The van der Waals surface area contributed by atoms with Crippen LogP contribution in [0.25, 0.3) is 0 Å². The maximum absolute atomic E-state index is 12.0. The number of nitro benzene ring substituents is 1. The highest BCUT2D eigenvalue weighted by atomic mass is 16.6. The van der Waals surface area contributed by atoms with Gasteiger partial charge in [-0.1, -0.05) is 0 Å². The van der Waals surface area contributed by atoms with Crippen LogP contribution in [-0.2, 0) is 9.53 Å². The predicted octanol–water partition coefficient (Wildman–Crippen LogP) is 2.63. The summed E-state index contributed by atoms with van der Waals surface area (Å²) < 4.78 is 4.88. The number of hydrogen-bond acceptors (Lipinski definition) is 7. The lowest BCUT2D eigenvalue weighted by Gasteiger charge is -2.08. The van der Waals surface area contributed by atoms with E-state index < -0.39 is 23.4 Å². The summed E-state index contributed by atoms with van der Waals surface area (Å²) in [5.74, 6) is -1.54. The Kier molecular flexibility index (Phi) is 6.21. The van der Waals surface area contributed by atoms with E-state index in [0.717, 1.165) is 6.07 Å². The van der Waals surface area contributed by atoms with Gasteiger partial charge in [-0.15, -0.1) is 0 Å². The summed E-state index contributed by atoms with van der Waals surface area (Å²) in [6.45, 7) is 0.870. The third-order valence-corrected chi connectivity index (χ3v) is 3.61. The van der Waals surface area contributed by atoms with Crippen LogP contribution in [0.3, 0.4) is 0 Å². The van der Waals surface area contributed by atoms with E-state index in [4.69, 9.17) is 4.74 Å². The molecule has 0 bridgehead atoms. The number of carbonyl (C=O) groups excluding carboxylic acids is 3. The van der Waals surface area contributed by atoms with Gasteiger partial charge in [-0.25, -0.2) is 4.79 Å². The highest BCUT2D eigenvalue weighted by molar-refractivity contribution is 5.97. The summed E-state index contributed by atoms with van der Waals surface area (Å²) >= 11 is 0. The van der Waals surface area contributed by atoms with E-state index >= 15 is 0 Å². The van der Waals surface area contributed by atoms with Crippen molar-refractivity contribution >= 4 is 34.7 Å². The lowest BCUT2D eigenvalue weighted by molar-refractivity contribution is -0.384. The first-order valence-electron chi connectivity index (χ1n) is 7.86. The monoisotopic (exact) mass is 371 g/mol. The maximum atomic E-state index is 12.0. The zero-order chi connectivity index (χ0) is 20.0. The van der Waals surface area contributed by atoms with Crippen molar-refractivity contribution < 1.29 is 24.0 Å². The van der Waals surface area contributed by atoms with Gasteiger partial charge in [0.1, 0.15) is 5.69 Å². The molecule has 9 heteroatoms. The van der Waals surface area contributed by atoms with Crippen molar-refractivity contribution in [2.75, 3.05) is 24.3 Å². The van der Waals surface area contributed by atoms with Crippen molar-refractivity contribution in [3.63, 3.8) is 0 Å². The first kappa shape index (κ1) is 19.6. The maximum Gasteiger partial charge on any atom is 0.338 e. The quantitative estimate of drug-likeness (QED) is 0.331. The Morgan fingerprint density at radius 3 is 2.26 bits per heavy atom. The molecule has 0 aromatic heterocycles. The summed E-state index contributed by atoms with van der Waals surface area (Å²) in [5.41, 5.74) is 0.880. The SMILES string of the molecule is CNc1ccc(C(=O)OCC(=O)Nc2ccc(C(C)=O)cc2)cc1[N+](=O)[O-]. The van der Waals surface area contributed by atoms with Crippen molar-refractivity contribution in [1.29, 1.82) is 0 Å². The molecule has 0 atom stereocenters. The van der Waals surface area contributed by atoms with Crippen molar-refractivity contribution in [2.45, 2.75) is 6.92 Å². The molecule has 0 radical (unpaired) electrons. The fraction of sp³-hybridized carbons (Fsp3) is 0.167. The third-order valence-electron chi connectivity index (χ3n) is 3.61. The Morgan fingerprint density at radius 1 is 1.07 bits per heavy atom. The normalized spacial score (nSPS) is 10.0. The molecule has 0 saturated heterocycles. The molecule has 0 saturated carbocycles. The van der Waals surface area contributed by atoms with Gasteiger partial charge in [0.25, 0.3) is 11.6 Å². The number of ether oxygens (including phenoxy) is 1. The lowest BCUT2D eigenvalue weighted by atomic mass is 10.1. The molecule has 2 N–H and O–H groups in total. The van der Waals surface area contributed by atoms with Crippen LogP contribution >= 0.6 is 0 Å². The summed E-state index contributed by atoms with van der Waals surface area (Å²) in [6.07, 6.45) is 0. The van der Waals surface area contributed by atoms with Gasteiger partial charge < -0.3 is 15.4 Å². The molecule has 140 valence electrons. The summed E-state index contributed by atoms with van der Waals surface area (Å²) in [6, 6.07) is 10.0. The van der Waals surface area contributed by atoms with E-state index in [1.54, 1.807) is 24.3 Å². The molecule has 1 amide bonds. The van der Waals surface area contributed by atoms with Gasteiger partial charge in [-0.05, 0) is 43.3 Å². The van der Waals surface area contributed by atoms with Crippen molar-refractivity contribution in [3.8, 4) is 0 Å². The number of Topliss-reactive ketones (excluding diaryl/α,β-unsaturated/α-hetero) is 1. The molecular formula is C18H17N3O6. The van der Waals surface area contributed by atoms with Gasteiger partial charge in [0.15, 0.2) is 12.4 Å². The minimum absolute atomic E-state index is 0.0423. The van der Waals surface area contributed by atoms with E-state index in [9.17, 15) is 24.5 Å². The van der Waals surface area contributed by atoms with Crippen LogP contribution in [0.15, 0.2) is 42.5 Å². The molecule has 0 fully saturated rings. The minimum Gasteiger partial charge on any atom is -0.452 e. The van der Waals surface area contributed by atoms with Gasteiger partial charge >= 0.3 is 5.97 Å². The third kappa shape index (κ3) is 5.11. The Hall–Kier alpha value is -3.75. The number of anilines is 2. The second-order valence-corrected chi connectivity index (χ2v) is 5.50. The Balaban J connectivity index is 1.96. The Morgan fingerprint density at radius 2 is 1.70 bits per heavy atom. The molecule has 27 heavy (non-hydrogen) atoms. The largest absolute Gasteiger partial charge is 0.452 e. The first-order chi connectivity index (χ1) is 12.8. The van der Waals surface area contributed by atoms with Crippen LogP contribution in [-0.4, -0.2) is 36.2 Å². The second-order valence-electron chi connectivity index (χ2n) is 5.50. The van der Waals surface area contributed by atoms with E-state index in [1.807, 2.05) is 0 Å². The Bertz CT molecular complexity index is 892. The van der Waals surface area contributed by atoms with Crippen LogP contribution < -0.4 is 10.6 Å². The van der Waals surface area contributed by atoms with Crippen LogP contribution in [0.2, 0.25) is 0 Å². The lowest BCUT2D eigenvalue weighted by Crippen LogP contribution is -2.21. The van der Waals surface area contributed by atoms with Gasteiger partial charge in [-0.2, -0.15) is 0 Å². The van der Waals surface area contributed by atoms with Crippen molar-refractivity contribution in [2.24, 2.45) is 0 Å². The number of nitrogens with one attached hydrogen (secondary N) is 2. The topological polar surface area (TPSA) is 128 Å². The summed E-state index contributed by atoms with van der Waals surface area (Å²) in [4.78, 5) is 45.5. The molecule has 2 rings (SSSR count). The minimum atomic E-state index is -0.858. The molecule has 2 aromatic rings. The first-order valence-corrected chi connectivity index (χ1v) is 7.86. The molecule has 0 spiro atoms. The number of ketones is 1. The summed E-state index contributed by atoms with van der Waals surface area (Å²) in [7, 11) is 1.52. The highest BCUT2D eigenvalue weighted by Crippen LogP contribution is 2.25. The van der Waals surface area contributed by atoms with Crippen LogP contribution in [0.5, 0.6) is 0 Å². The standard InChI is InChI=1S/C18H17N3O6/c1-11(22)12-3-6-14(7-4-12)20-17(23)10-27-18(24)13-5-8-15(19-2)16(9-13)21(25)26/h3-9,19H,10H2,1-2H3,(H,20,23). The van der Waals surface area contributed by atoms with E-state index in [1.165, 1.54) is 26.1 Å².